The zero-order chi connectivity index (χ0) is 22.5. The minimum Gasteiger partial charge on any atom is -0.354 e. The number of amides is 1. The number of rotatable bonds is 6. The van der Waals surface area contributed by atoms with Crippen molar-refractivity contribution in [2.45, 2.75) is 50.1 Å². The van der Waals surface area contributed by atoms with Crippen LogP contribution in [-0.2, 0) is 11.3 Å². The molecule has 1 fully saturated rings. The maximum atomic E-state index is 12.9. The quantitative estimate of drug-likeness (QED) is 0.572. The summed E-state index contributed by atoms with van der Waals surface area (Å²) in [5, 5.41) is 4.02. The van der Waals surface area contributed by atoms with Crippen LogP contribution in [0.15, 0.2) is 64.8 Å². The Bertz CT molecular complexity index is 1100. The summed E-state index contributed by atoms with van der Waals surface area (Å²) in [7, 11) is 0. The number of hydrogen-bond donors (Lipinski definition) is 1. The molecule has 0 unspecified atom stereocenters. The molecule has 1 aliphatic heterocycles. The average Bonchev–Trinajstić information content (AvgIpc) is 2.80. The summed E-state index contributed by atoms with van der Waals surface area (Å²) in [4.78, 5) is 25.5. The van der Waals surface area contributed by atoms with E-state index in [1.807, 2.05) is 0 Å². The van der Waals surface area contributed by atoms with Gasteiger partial charge in [-0.15, -0.1) is 0 Å². The summed E-state index contributed by atoms with van der Waals surface area (Å²) in [6, 6.07) is 14.7. The molecular weight excluding hydrogens is 416 g/mol. The highest BCUT2D eigenvalue weighted by atomic mass is 32.2. The van der Waals surface area contributed by atoms with Gasteiger partial charge in [-0.2, -0.15) is 0 Å². The van der Waals surface area contributed by atoms with Crippen molar-refractivity contribution in [3.8, 4) is 0 Å². The smallest absolute Gasteiger partial charge is 0.225 e. The van der Waals surface area contributed by atoms with Crippen molar-refractivity contribution in [2.24, 2.45) is 5.92 Å². The third-order valence-corrected chi connectivity index (χ3v) is 6.95. The zero-order valence-corrected chi connectivity index (χ0v) is 19.8. The molecule has 0 radical (unpaired) electrons. The summed E-state index contributed by atoms with van der Waals surface area (Å²) < 4.78 is 0. The van der Waals surface area contributed by atoms with Crippen LogP contribution in [0.4, 0.5) is 5.82 Å². The van der Waals surface area contributed by atoms with Gasteiger partial charge in [0.1, 0.15) is 5.03 Å². The number of nitrogens with zero attached hydrogens (tertiary/aromatic N) is 3. The van der Waals surface area contributed by atoms with Crippen molar-refractivity contribution in [1.82, 2.24) is 15.3 Å². The highest BCUT2D eigenvalue weighted by Gasteiger charge is 2.28. The lowest BCUT2D eigenvalue weighted by atomic mass is 9.97. The van der Waals surface area contributed by atoms with Crippen molar-refractivity contribution >= 4 is 23.5 Å². The van der Waals surface area contributed by atoms with Crippen molar-refractivity contribution in [3.05, 3.63) is 77.1 Å². The van der Waals surface area contributed by atoms with Crippen LogP contribution in [0, 0.1) is 26.7 Å². The summed E-state index contributed by atoms with van der Waals surface area (Å²) >= 11 is 1.63. The van der Waals surface area contributed by atoms with E-state index in [9.17, 15) is 4.79 Å². The van der Waals surface area contributed by atoms with E-state index < -0.39 is 0 Å². The molecule has 0 saturated carbocycles. The van der Waals surface area contributed by atoms with E-state index >= 15 is 0 Å². The summed E-state index contributed by atoms with van der Waals surface area (Å²) in [5.74, 6) is 0.935. The Labute approximate surface area is 194 Å². The normalized spacial score (nSPS) is 16.1. The number of aromatic nitrogens is 2. The zero-order valence-electron chi connectivity index (χ0n) is 19.0. The maximum absolute atomic E-state index is 12.9. The summed E-state index contributed by atoms with van der Waals surface area (Å²) in [6.45, 7) is 8.42. The number of carbonyl (C=O) groups is 1. The largest absolute Gasteiger partial charge is 0.354 e. The molecule has 1 N–H and O–H groups in total. The molecule has 1 amide bonds. The molecule has 1 saturated heterocycles. The fraction of sp³-hybridized carbons (Fsp3) is 0.346. The van der Waals surface area contributed by atoms with E-state index in [1.165, 1.54) is 16.7 Å². The third-order valence-electron chi connectivity index (χ3n) is 5.98. The highest BCUT2D eigenvalue weighted by molar-refractivity contribution is 7.99. The van der Waals surface area contributed by atoms with E-state index in [-0.39, 0.29) is 11.8 Å². The lowest BCUT2D eigenvalue weighted by Gasteiger charge is -2.33. The van der Waals surface area contributed by atoms with Gasteiger partial charge in [0.25, 0.3) is 0 Å². The molecule has 2 heterocycles. The minimum atomic E-state index is -0.0471. The van der Waals surface area contributed by atoms with Gasteiger partial charge < -0.3 is 10.2 Å². The maximum Gasteiger partial charge on any atom is 0.225 e. The first-order valence-corrected chi connectivity index (χ1v) is 12.0. The van der Waals surface area contributed by atoms with Crippen molar-refractivity contribution in [2.75, 3.05) is 18.0 Å². The van der Waals surface area contributed by atoms with Gasteiger partial charge in [-0.05, 0) is 62.4 Å². The van der Waals surface area contributed by atoms with Crippen LogP contribution < -0.4 is 10.2 Å². The minimum absolute atomic E-state index is 0.0471. The van der Waals surface area contributed by atoms with E-state index in [0.717, 1.165) is 40.7 Å². The molecule has 32 heavy (non-hydrogen) atoms. The van der Waals surface area contributed by atoms with Crippen LogP contribution in [0.2, 0.25) is 0 Å². The van der Waals surface area contributed by atoms with Gasteiger partial charge in [-0.1, -0.05) is 47.7 Å². The fourth-order valence-electron chi connectivity index (χ4n) is 4.03. The van der Waals surface area contributed by atoms with E-state index in [1.54, 1.807) is 24.2 Å². The first-order valence-electron chi connectivity index (χ1n) is 11.1. The number of nitrogens with one attached hydrogen (secondary N) is 1. The van der Waals surface area contributed by atoms with Gasteiger partial charge in [0.15, 0.2) is 5.82 Å². The Morgan fingerprint density at radius 1 is 1.09 bits per heavy atom. The molecule has 1 atom stereocenters. The number of aryl methyl sites for hydroxylation is 3. The molecule has 6 heteroatoms. The van der Waals surface area contributed by atoms with E-state index in [2.05, 4.69) is 83.4 Å². The van der Waals surface area contributed by atoms with Gasteiger partial charge in [0, 0.05) is 36.9 Å². The highest BCUT2D eigenvalue weighted by Crippen LogP contribution is 2.34. The van der Waals surface area contributed by atoms with Gasteiger partial charge in [-0.25, -0.2) is 9.97 Å². The Morgan fingerprint density at radius 2 is 1.94 bits per heavy atom. The second-order valence-electron chi connectivity index (χ2n) is 8.53. The number of carbonyl (C=O) groups excluding carboxylic acids is 1. The van der Waals surface area contributed by atoms with E-state index in [0.29, 0.717) is 13.1 Å². The molecule has 4 rings (SSSR count). The topological polar surface area (TPSA) is 58.1 Å². The summed E-state index contributed by atoms with van der Waals surface area (Å²) in [5.41, 5.74) is 4.88. The molecule has 0 aliphatic carbocycles. The van der Waals surface area contributed by atoms with E-state index in [4.69, 9.17) is 0 Å². The van der Waals surface area contributed by atoms with Gasteiger partial charge in [-0.3, -0.25) is 4.79 Å². The van der Waals surface area contributed by atoms with Crippen LogP contribution >= 0.6 is 11.8 Å². The first-order chi connectivity index (χ1) is 15.5. The number of benzene rings is 2. The fourth-order valence-corrected chi connectivity index (χ4v) is 5.03. The van der Waals surface area contributed by atoms with Crippen molar-refractivity contribution < 1.29 is 4.79 Å². The standard InChI is InChI=1S/C26H30N4OS/c1-18-6-4-8-23(14-18)32-26-24(27-11-12-28-26)30-13-5-7-22(17-30)25(31)29-16-21-10-9-19(2)20(3)15-21/h4,6,8-12,14-15,22H,5,7,13,16-17H2,1-3H3,(H,29,31)/t22-/m1/s1. The van der Waals surface area contributed by atoms with Crippen LogP contribution in [0.1, 0.15) is 35.1 Å². The average molecular weight is 447 g/mol. The molecule has 166 valence electrons. The Morgan fingerprint density at radius 3 is 2.75 bits per heavy atom. The Hall–Kier alpha value is -2.86. The molecule has 1 aliphatic rings. The SMILES string of the molecule is Cc1cccc(Sc2nccnc2N2CCC[C@@H](C(=O)NCc3ccc(C)c(C)c3)C2)c1. The molecule has 0 bridgehead atoms. The monoisotopic (exact) mass is 446 g/mol. The molecule has 0 spiro atoms. The number of anilines is 1. The molecule has 5 nitrogen and oxygen atoms in total. The van der Waals surface area contributed by atoms with Gasteiger partial charge in [0.2, 0.25) is 5.91 Å². The second kappa shape index (κ2) is 10.2. The molecular formula is C26H30N4OS. The van der Waals surface area contributed by atoms with Crippen LogP contribution in [0.3, 0.4) is 0 Å². The van der Waals surface area contributed by atoms with Gasteiger partial charge >= 0.3 is 0 Å². The molecule has 1 aromatic heterocycles. The Balaban J connectivity index is 1.42. The first kappa shape index (κ1) is 22.3. The van der Waals surface area contributed by atoms with Crippen LogP contribution in [0.25, 0.3) is 0 Å². The lowest BCUT2D eigenvalue weighted by molar-refractivity contribution is -0.125. The predicted octanol–water partition coefficient (Wildman–Crippen LogP) is 5.09. The Kier molecular flexibility index (Phi) is 7.10. The third kappa shape index (κ3) is 5.49. The van der Waals surface area contributed by atoms with Crippen molar-refractivity contribution in [1.29, 1.82) is 0 Å². The molecule has 3 aromatic rings. The van der Waals surface area contributed by atoms with Crippen LogP contribution in [-0.4, -0.2) is 29.0 Å². The predicted molar refractivity (Wildman–Crippen MR) is 130 cm³/mol. The number of piperidine rings is 1. The van der Waals surface area contributed by atoms with Crippen LogP contribution in [0.5, 0.6) is 0 Å². The second-order valence-corrected chi connectivity index (χ2v) is 9.59. The van der Waals surface area contributed by atoms with Crippen molar-refractivity contribution in [3.63, 3.8) is 0 Å². The molecule has 2 aromatic carbocycles. The number of hydrogen-bond acceptors (Lipinski definition) is 5. The van der Waals surface area contributed by atoms with Gasteiger partial charge in [0.05, 0.1) is 5.92 Å². The lowest BCUT2D eigenvalue weighted by Crippen LogP contribution is -2.43. The summed E-state index contributed by atoms with van der Waals surface area (Å²) in [6.07, 6.45) is 5.33.